The van der Waals surface area contributed by atoms with Gasteiger partial charge in [0.05, 0.1) is 25.0 Å². The van der Waals surface area contributed by atoms with Crippen molar-refractivity contribution in [2.24, 2.45) is 11.3 Å². The van der Waals surface area contributed by atoms with Gasteiger partial charge in [0.1, 0.15) is 11.9 Å². The van der Waals surface area contributed by atoms with Crippen LogP contribution in [0.1, 0.15) is 45.0 Å². The van der Waals surface area contributed by atoms with Crippen molar-refractivity contribution >= 4 is 22.8 Å². The Morgan fingerprint density at radius 3 is 2.64 bits per heavy atom. The molecule has 1 spiro atoms. The van der Waals surface area contributed by atoms with E-state index in [2.05, 4.69) is 40.6 Å². The van der Waals surface area contributed by atoms with Crippen LogP contribution in [0.3, 0.4) is 0 Å². The highest BCUT2D eigenvalue weighted by Gasteiger charge is 2.55. The summed E-state index contributed by atoms with van der Waals surface area (Å²) in [5.74, 6) is 0.668. The number of fused-ring (bicyclic) bond motifs is 1. The Morgan fingerprint density at radius 1 is 1.18 bits per heavy atom. The third-order valence-corrected chi connectivity index (χ3v) is 7.11. The predicted octanol–water partition coefficient (Wildman–Crippen LogP) is 4.66. The van der Waals surface area contributed by atoms with Gasteiger partial charge in [-0.1, -0.05) is 50.2 Å². The maximum absolute atomic E-state index is 13.6. The Hall–Kier alpha value is -3.35. The molecular weight excluding hydrogens is 416 g/mol. The van der Waals surface area contributed by atoms with Gasteiger partial charge in [0.2, 0.25) is 5.91 Å². The van der Waals surface area contributed by atoms with Gasteiger partial charge in [-0.3, -0.25) is 4.79 Å². The zero-order chi connectivity index (χ0) is 23.2. The van der Waals surface area contributed by atoms with Crippen molar-refractivity contribution in [1.82, 2.24) is 20.2 Å². The second kappa shape index (κ2) is 8.21. The first-order valence-electron chi connectivity index (χ1n) is 11.6. The number of aromatic nitrogens is 2. The number of aromatic amines is 1. The quantitative estimate of drug-likeness (QED) is 0.597. The molecule has 2 aromatic carbocycles. The summed E-state index contributed by atoms with van der Waals surface area (Å²) in [4.78, 5) is 35.5. The van der Waals surface area contributed by atoms with Gasteiger partial charge in [0.15, 0.2) is 0 Å². The minimum atomic E-state index is -0.635. The lowest BCUT2D eigenvalue weighted by Crippen LogP contribution is -2.51. The second-order valence-electron chi connectivity index (χ2n) is 9.79. The Kier molecular flexibility index (Phi) is 5.35. The molecule has 172 valence electrons. The number of likely N-dealkylation sites (tertiary alicyclic amines) is 1. The number of imidazole rings is 1. The lowest BCUT2D eigenvalue weighted by molar-refractivity contribution is -0.135. The first kappa shape index (κ1) is 21.5. The van der Waals surface area contributed by atoms with Gasteiger partial charge in [-0.25, -0.2) is 9.78 Å². The smallest absolute Gasteiger partial charge is 0.407 e. The fourth-order valence-electron chi connectivity index (χ4n) is 4.96. The first-order chi connectivity index (χ1) is 15.9. The van der Waals surface area contributed by atoms with E-state index < -0.39 is 12.1 Å². The summed E-state index contributed by atoms with van der Waals surface area (Å²) in [7, 11) is 1.31. The van der Waals surface area contributed by atoms with E-state index in [1.165, 1.54) is 17.9 Å². The average molecular weight is 447 g/mol. The third kappa shape index (κ3) is 4.08. The number of hydrogen-bond acceptors (Lipinski definition) is 4. The van der Waals surface area contributed by atoms with Crippen LogP contribution >= 0.6 is 0 Å². The molecule has 2 amide bonds. The van der Waals surface area contributed by atoms with Crippen LogP contribution in [0.25, 0.3) is 22.0 Å². The number of methoxy groups -OCH3 is 1. The molecule has 2 atom stereocenters. The molecular formula is C26H30N4O3. The summed E-state index contributed by atoms with van der Waals surface area (Å²) >= 11 is 0. The average Bonchev–Trinajstić information content (AvgIpc) is 3.22. The van der Waals surface area contributed by atoms with E-state index in [1.54, 1.807) is 0 Å². The Balaban J connectivity index is 1.43. The van der Waals surface area contributed by atoms with E-state index in [0.717, 1.165) is 36.3 Å². The van der Waals surface area contributed by atoms with Gasteiger partial charge in [-0.15, -0.1) is 0 Å². The minimum absolute atomic E-state index is 0.0576. The van der Waals surface area contributed by atoms with Gasteiger partial charge in [-0.05, 0) is 47.4 Å². The van der Waals surface area contributed by atoms with Gasteiger partial charge in [0, 0.05) is 12.1 Å². The van der Waals surface area contributed by atoms with Crippen molar-refractivity contribution in [3.05, 3.63) is 54.5 Å². The van der Waals surface area contributed by atoms with Crippen LogP contribution in [0.2, 0.25) is 0 Å². The van der Waals surface area contributed by atoms with Crippen LogP contribution in [0, 0.1) is 11.3 Å². The molecule has 1 saturated carbocycles. The molecule has 2 aliphatic rings. The normalized spacial score (nSPS) is 19.8. The largest absolute Gasteiger partial charge is 0.453 e. The molecule has 2 heterocycles. The SMILES string of the molecule is COC(=O)N[C@H](C(=O)N1CC2(CC2)C[C@H]1c1ncc(-c2ccc3ccccc3c2)[nH]1)C(C)C. The molecule has 2 fully saturated rings. The topological polar surface area (TPSA) is 87.3 Å². The molecule has 7 heteroatoms. The molecule has 1 aromatic heterocycles. The number of H-pyrrole nitrogens is 1. The number of benzene rings is 2. The van der Waals surface area contributed by atoms with Crippen LogP contribution in [0.4, 0.5) is 4.79 Å². The molecule has 0 unspecified atom stereocenters. The zero-order valence-electron chi connectivity index (χ0n) is 19.3. The first-order valence-corrected chi connectivity index (χ1v) is 11.6. The molecule has 0 bridgehead atoms. The van der Waals surface area contributed by atoms with Crippen LogP contribution in [0.5, 0.6) is 0 Å². The Labute approximate surface area is 193 Å². The van der Waals surface area contributed by atoms with E-state index >= 15 is 0 Å². The number of carbonyl (C=O) groups is 2. The number of ether oxygens (including phenoxy) is 1. The minimum Gasteiger partial charge on any atom is -0.453 e. The highest BCUT2D eigenvalue weighted by atomic mass is 16.5. The summed E-state index contributed by atoms with van der Waals surface area (Å²) in [5, 5.41) is 5.10. The molecule has 0 radical (unpaired) electrons. The van der Waals surface area contributed by atoms with Crippen molar-refractivity contribution in [2.45, 2.75) is 45.2 Å². The summed E-state index contributed by atoms with van der Waals surface area (Å²) in [6.45, 7) is 4.57. The number of hydrogen-bond donors (Lipinski definition) is 2. The number of carbonyl (C=O) groups excluding carboxylic acids is 2. The number of alkyl carbamates (subject to hydrolysis) is 1. The summed E-state index contributed by atoms with van der Waals surface area (Å²) in [6.07, 6.45) is 4.42. The standard InChI is InChI=1S/C26H30N4O3/c1-16(2)22(29-25(32)33-3)24(31)30-15-26(10-11-26)13-21(30)23-27-14-20(28-23)19-9-8-17-6-4-5-7-18(17)12-19/h4-9,12,14,16,21-22H,10-11,13,15H2,1-3H3,(H,27,28)(H,29,32)/t21-,22-/m0/s1. The molecule has 1 saturated heterocycles. The number of amides is 2. The molecule has 33 heavy (non-hydrogen) atoms. The van der Waals surface area contributed by atoms with Crippen molar-refractivity contribution in [3.63, 3.8) is 0 Å². The number of nitrogens with zero attached hydrogens (tertiary/aromatic N) is 2. The van der Waals surface area contributed by atoms with Gasteiger partial charge >= 0.3 is 6.09 Å². The lowest BCUT2D eigenvalue weighted by atomic mass is 10.0. The molecule has 5 rings (SSSR count). The highest BCUT2D eigenvalue weighted by molar-refractivity contribution is 5.87. The lowest BCUT2D eigenvalue weighted by Gasteiger charge is -2.30. The zero-order valence-corrected chi connectivity index (χ0v) is 19.3. The number of rotatable bonds is 5. The molecule has 1 aliphatic carbocycles. The highest BCUT2D eigenvalue weighted by Crippen LogP contribution is 2.58. The summed E-state index contributed by atoms with van der Waals surface area (Å²) in [5.41, 5.74) is 2.19. The summed E-state index contributed by atoms with van der Waals surface area (Å²) in [6, 6.07) is 13.9. The van der Waals surface area contributed by atoms with E-state index in [0.29, 0.717) is 6.54 Å². The van der Waals surface area contributed by atoms with E-state index in [9.17, 15) is 9.59 Å². The predicted molar refractivity (Wildman–Crippen MR) is 126 cm³/mol. The maximum Gasteiger partial charge on any atom is 0.407 e. The third-order valence-electron chi connectivity index (χ3n) is 7.11. The molecule has 3 aromatic rings. The van der Waals surface area contributed by atoms with Gasteiger partial charge < -0.3 is 19.9 Å². The van der Waals surface area contributed by atoms with E-state index in [-0.39, 0.29) is 23.3 Å². The van der Waals surface area contributed by atoms with E-state index in [4.69, 9.17) is 9.72 Å². The second-order valence-corrected chi connectivity index (χ2v) is 9.79. The van der Waals surface area contributed by atoms with Crippen LogP contribution in [-0.4, -0.2) is 46.6 Å². The summed E-state index contributed by atoms with van der Waals surface area (Å²) < 4.78 is 4.75. The Bertz CT molecular complexity index is 1200. The number of nitrogens with one attached hydrogen (secondary N) is 2. The van der Waals surface area contributed by atoms with E-state index in [1.807, 2.05) is 37.1 Å². The van der Waals surface area contributed by atoms with Crippen LogP contribution in [0.15, 0.2) is 48.7 Å². The van der Waals surface area contributed by atoms with Crippen molar-refractivity contribution in [3.8, 4) is 11.3 Å². The fourth-order valence-corrected chi connectivity index (χ4v) is 4.96. The van der Waals surface area contributed by atoms with Crippen molar-refractivity contribution in [1.29, 1.82) is 0 Å². The van der Waals surface area contributed by atoms with Crippen LogP contribution in [-0.2, 0) is 9.53 Å². The molecule has 1 aliphatic heterocycles. The maximum atomic E-state index is 13.6. The van der Waals surface area contributed by atoms with Gasteiger partial charge in [0.25, 0.3) is 0 Å². The van der Waals surface area contributed by atoms with Crippen molar-refractivity contribution < 1.29 is 14.3 Å². The molecule has 2 N–H and O–H groups in total. The van der Waals surface area contributed by atoms with Crippen molar-refractivity contribution in [2.75, 3.05) is 13.7 Å². The molecule has 7 nitrogen and oxygen atoms in total. The monoisotopic (exact) mass is 446 g/mol. The van der Waals surface area contributed by atoms with Crippen LogP contribution < -0.4 is 5.32 Å². The van der Waals surface area contributed by atoms with Gasteiger partial charge in [-0.2, -0.15) is 0 Å². The fraction of sp³-hybridized carbons (Fsp3) is 0.423. The Morgan fingerprint density at radius 2 is 1.94 bits per heavy atom.